The third-order valence-electron chi connectivity index (χ3n) is 29.6. The Morgan fingerprint density at radius 2 is 1.15 bits per heavy atom. The second kappa shape index (κ2) is 64.7. The average Bonchev–Trinajstić information content (AvgIpc) is 1.45. The number of quaternary nitrogens is 1. The number of primary amides is 1. The first kappa shape index (κ1) is 123. The van der Waals surface area contributed by atoms with Gasteiger partial charge in [-0.25, -0.2) is 13.6 Å². The van der Waals surface area contributed by atoms with E-state index in [0.29, 0.717) is 183 Å². The van der Waals surface area contributed by atoms with E-state index in [4.69, 9.17) is 76.8 Å². The van der Waals surface area contributed by atoms with Gasteiger partial charge in [-0.2, -0.15) is 0 Å². The molecule has 8 amide bonds. The van der Waals surface area contributed by atoms with E-state index >= 15 is 13.6 Å². The van der Waals surface area contributed by atoms with E-state index in [2.05, 4.69) is 90.6 Å². The molecule has 3 saturated carbocycles. The van der Waals surface area contributed by atoms with Crippen LogP contribution in [0.1, 0.15) is 195 Å². The molecule has 3 unspecified atom stereocenters. The van der Waals surface area contributed by atoms with E-state index in [0.717, 1.165) is 105 Å². The van der Waals surface area contributed by atoms with Crippen LogP contribution in [0.25, 0.3) is 0 Å². The molecular formula is C106H175F2N16O26+. The molecule has 0 spiro atoms. The number of Topliss-reactive ketones (excluding diaryl/α,β-unsaturated/α-hetero) is 2. The summed E-state index contributed by atoms with van der Waals surface area (Å²) in [5, 5.41) is 39.3. The molecule has 44 heteroatoms. The largest absolute Gasteiger partial charge is 0.486 e. The molecule has 42 nitrogen and oxygen atoms in total. The summed E-state index contributed by atoms with van der Waals surface area (Å²) in [6.45, 7) is 20.2. The molecule has 1 aromatic rings. The zero-order valence-electron chi connectivity index (χ0n) is 90.1. The van der Waals surface area contributed by atoms with Gasteiger partial charge < -0.3 is 140 Å². The molecular weight excluding hydrogens is 1950 g/mol. The second-order valence-electron chi connectivity index (χ2n) is 41.8. The Hall–Kier alpha value is -8.62. The molecule has 150 heavy (non-hydrogen) atoms. The van der Waals surface area contributed by atoms with Gasteiger partial charge in [-0.05, 0) is 171 Å². The fourth-order valence-electron chi connectivity index (χ4n) is 21.5. The highest BCUT2D eigenvalue weighted by atomic mass is 19.1. The van der Waals surface area contributed by atoms with Crippen molar-refractivity contribution in [3.05, 3.63) is 70.9 Å². The number of nitrogens with one attached hydrogen (secondary N) is 12. The van der Waals surface area contributed by atoms with Gasteiger partial charge in [0.2, 0.25) is 41.2 Å². The van der Waals surface area contributed by atoms with Crippen molar-refractivity contribution in [1.82, 2.24) is 69.2 Å². The molecule has 9 aliphatic rings. The quantitative estimate of drug-likeness (QED) is 0.0278. The molecule has 3 aliphatic heterocycles. The first-order valence-corrected chi connectivity index (χ1v) is 54.6. The lowest BCUT2D eigenvalue weighted by atomic mass is 9.44. The van der Waals surface area contributed by atoms with E-state index in [1.807, 2.05) is 19.0 Å². The average molecular weight is 2130 g/mol. The maximum absolute atomic E-state index is 18.2. The number of nitrogens with zero attached hydrogens (tertiary/aromatic N) is 3. The third kappa shape index (κ3) is 37.9. The van der Waals surface area contributed by atoms with E-state index in [-0.39, 0.29) is 145 Å². The van der Waals surface area contributed by atoms with E-state index < -0.39 is 136 Å². The highest BCUT2D eigenvalue weighted by Gasteiger charge is 2.80. The molecule has 0 aromatic heterocycles. The van der Waals surface area contributed by atoms with Gasteiger partial charge >= 0.3 is 6.03 Å². The number of hydrazine groups is 4. The number of likely N-dealkylation sites (N-methyl/N-ethyl adjacent to an activating group) is 2. The van der Waals surface area contributed by atoms with Gasteiger partial charge in [-0.3, -0.25) is 53.2 Å². The first-order valence-electron chi connectivity index (χ1n) is 54.6. The number of hydrogen-bond donors (Lipinski definition) is 14. The molecule has 10 rings (SSSR count). The minimum Gasteiger partial charge on any atom is -0.486 e. The summed E-state index contributed by atoms with van der Waals surface area (Å²) in [4.78, 5) is 136. The number of rotatable bonds is 75. The zero-order valence-corrected chi connectivity index (χ0v) is 90.1. The molecule has 0 bridgehead atoms. The van der Waals surface area contributed by atoms with Crippen molar-refractivity contribution in [2.75, 3.05) is 244 Å². The van der Waals surface area contributed by atoms with Crippen LogP contribution in [-0.4, -0.2) is 372 Å². The van der Waals surface area contributed by atoms with Crippen molar-refractivity contribution >= 4 is 64.5 Å². The van der Waals surface area contributed by atoms with Crippen LogP contribution in [0.15, 0.2) is 70.9 Å². The van der Waals surface area contributed by atoms with Crippen LogP contribution in [0.3, 0.4) is 0 Å². The number of unbranched alkanes of at least 4 members (excludes halogenated alkanes) is 1. The predicted octanol–water partition coefficient (Wildman–Crippen LogP) is 5.62. The lowest BCUT2D eigenvalue weighted by Crippen LogP contribution is -2.71. The Labute approximate surface area is 883 Å². The van der Waals surface area contributed by atoms with Gasteiger partial charge in [0.1, 0.15) is 37.3 Å². The number of allylic oxidation sites excluding steroid dienone is 7. The summed E-state index contributed by atoms with van der Waals surface area (Å²) < 4.78 is 124. The van der Waals surface area contributed by atoms with E-state index in [9.17, 15) is 48.3 Å². The van der Waals surface area contributed by atoms with Crippen LogP contribution in [-0.2, 0) is 109 Å². The van der Waals surface area contributed by atoms with Gasteiger partial charge in [0, 0.05) is 86.1 Å². The molecule has 15 atom stereocenters. The minimum absolute atomic E-state index is 0.0166. The highest BCUT2D eigenvalue weighted by molar-refractivity contribution is 6.02. The summed E-state index contributed by atoms with van der Waals surface area (Å²) in [7, 11) is 8.11. The van der Waals surface area contributed by atoms with Crippen LogP contribution in [0.2, 0.25) is 0 Å². The molecule has 848 valence electrons. The number of alkyl halides is 2. The smallest absolute Gasteiger partial charge is 0.312 e. The topological polar surface area (TPSA) is 506 Å². The third-order valence-corrected chi connectivity index (χ3v) is 29.6. The standard InChI is InChI=1S/C106H174F2N16O26/c1-10-20-96-149-91-70-80-81-69-83(107)82-68-78(125)33-36-103(82,4)105(81,108)89(127)71-104(80,5)106(91,150-96)90(128)72-147-79-30-28-77(29-31-79)115-100(133)76(22-19-38-114-102(109)135)67-87(126)97(74(2)3)117-101(134)84(23-17-18-37-111-95(132)73-148-88-26-16-12-15-25-86-99(88)119-121-123(86)43-50-141-56-62-146-66-64-142-57-51-136-45-34-93(130)112-39-44-124(7,8)9)116-94(131)35-46-137-52-58-143-63-65-145-60-54-139-48-41-113-92(129)32-27-75-21-13-11-14-24-85-98(75)118-120-122(85)42-49-140-55-61-144-59-53-138-47-40-110-6/h28-31,33,36,68,74-76,80-81,83-84,88-89,91,96-97,110,118-121,127H,10-27,32,34-35,37-67,69-73H2,1-9H3,(H8-,109,111,112,113,114,115,116,117,129,130,131,132,133,134,135)/p+1/t75?,76-,80+,81+,83+,84-,88?,89+,91-,96?,97+,103+,104+,105+,106-/m1/s1. The van der Waals surface area contributed by atoms with Gasteiger partial charge in [0.25, 0.3) is 0 Å². The Kier molecular flexibility index (Phi) is 53.1. The lowest BCUT2D eigenvalue weighted by Gasteiger charge is -2.63. The van der Waals surface area contributed by atoms with Crippen molar-refractivity contribution in [2.24, 2.45) is 46.2 Å². The summed E-state index contributed by atoms with van der Waals surface area (Å²) in [5.41, 5.74) is 16.3. The van der Waals surface area contributed by atoms with Gasteiger partial charge in [-0.1, -0.05) is 65.9 Å². The SMILES string of the molecule is CCCC1O[C@@H]2C[C@H]3[C@@H]4C[C@H](F)C5=CC(=O)C=C[C@]5(C)[C@@]4(F)[C@@H](O)C[C@]3(C)[C@]2(C(=O)COc2ccc(NC(=O)[C@H](CCCNC(N)=O)CC(=O)[C@@H](NC(=O)[C@@H](CCCCNC(=O)COC3CCCCCC4=C3NNN4CCOCCOCCOCCOCCC(=O)NCC[N+](C)(C)C)NC(=O)CCOCCOCCOCCOCCNC(=O)CCC3CCCCCC4=C3NNN4CCOCCOCCOCCNC)C(C)C)cc2)O1. The van der Waals surface area contributed by atoms with E-state index in [1.54, 1.807) is 32.9 Å². The van der Waals surface area contributed by atoms with Crippen LogP contribution < -0.4 is 74.9 Å². The van der Waals surface area contributed by atoms with Crippen molar-refractivity contribution in [3.63, 3.8) is 0 Å². The first-order chi connectivity index (χ1) is 72.3. The van der Waals surface area contributed by atoms with Crippen molar-refractivity contribution < 1.29 is 137 Å². The summed E-state index contributed by atoms with van der Waals surface area (Å²) in [6, 6.07) is 3.04. The number of fused-ring (bicyclic) bond motifs is 7. The number of carbonyl (C=O) groups is 10. The fourth-order valence-corrected chi connectivity index (χ4v) is 21.5. The number of amides is 8. The van der Waals surface area contributed by atoms with Crippen molar-refractivity contribution in [1.29, 1.82) is 0 Å². The van der Waals surface area contributed by atoms with E-state index in [1.165, 1.54) is 36.9 Å². The van der Waals surface area contributed by atoms with Crippen molar-refractivity contribution in [2.45, 2.75) is 249 Å². The van der Waals surface area contributed by atoms with Gasteiger partial charge in [-0.15, -0.1) is 11.1 Å². The maximum Gasteiger partial charge on any atom is 0.312 e. The number of nitrogens with two attached hydrogens (primary N) is 1. The number of halogens is 2. The van der Waals surface area contributed by atoms with Gasteiger partial charge in [0.05, 0.1) is 234 Å². The summed E-state index contributed by atoms with van der Waals surface area (Å²) >= 11 is 0. The lowest BCUT2D eigenvalue weighted by molar-refractivity contribution is -0.869. The predicted molar refractivity (Wildman–Crippen MR) is 552 cm³/mol. The van der Waals surface area contributed by atoms with Crippen LogP contribution in [0, 0.1) is 40.4 Å². The van der Waals surface area contributed by atoms with Gasteiger partial charge in [0.15, 0.2) is 29.1 Å². The number of hydrogen-bond acceptors (Lipinski definition) is 33. The Bertz CT molecular complexity index is 4490. The zero-order chi connectivity index (χ0) is 108. The monoisotopic (exact) mass is 2130 g/mol. The van der Waals surface area contributed by atoms with Crippen LogP contribution in [0.5, 0.6) is 5.75 Å². The highest BCUT2D eigenvalue weighted by Crippen LogP contribution is 2.72. The van der Waals surface area contributed by atoms with Crippen LogP contribution >= 0.6 is 0 Å². The molecule has 3 heterocycles. The molecule has 0 radical (unpaired) electrons. The van der Waals surface area contributed by atoms with Crippen LogP contribution in [0.4, 0.5) is 19.3 Å². The summed E-state index contributed by atoms with van der Waals surface area (Å²) in [5.74, 6) is -6.52. The number of ketones is 3. The van der Waals surface area contributed by atoms with Crippen molar-refractivity contribution in [3.8, 4) is 5.75 Å². The number of aliphatic hydroxyl groups excluding tert-OH is 1. The molecule has 4 fully saturated rings. The maximum atomic E-state index is 18.2. The second-order valence-corrected chi connectivity index (χ2v) is 41.8. The number of urea groups is 1. The number of carbonyl (C=O) groups excluding carboxylic acids is 10. The number of anilines is 1. The number of benzene rings is 1. The molecule has 15 N–H and O–H groups in total. The number of aliphatic hydroxyl groups is 1. The number of ether oxygens (including phenoxy) is 15. The summed E-state index contributed by atoms with van der Waals surface area (Å²) in [6.07, 6.45) is 10.5. The molecule has 1 aromatic carbocycles. The fraction of sp³-hybridized carbons (Fsp3) is 0.774. The molecule has 1 saturated heterocycles. The Morgan fingerprint density at radius 1 is 0.593 bits per heavy atom. The normalized spacial score (nSPS) is 24.5. The Balaban J connectivity index is 0.666. The minimum atomic E-state index is -2.40. The Morgan fingerprint density at radius 3 is 1.75 bits per heavy atom. The molecule has 6 aliphatic carbocycles.